The fraction of sp³-hybridized carbons (Fsp3) is 0.263. The molecule has 0 aliphatic carbocycles. The summed E-state index contributed by atoms with van der Waals surface area (Å²) in [7, 11) is 1.58. The molecular weight excluding hydrogens is 430 g/mol. The van der Waals surface area contributed by atoms with E-state index in [1.807, 2.05) is 0 Å². The van der Waals surface area contributed by atoms with Gasteiger partial charge in [-0.15, -0.1) is 0 Å². The van der Waals surface area contributed by atoms with Crippen molar-refractivity contribution in [3.05, 3.63) is 58.1 Å². The van der Waals surface area contributed by atoms with Gasteiger partial charge in [-0.1, -0.05) is 35.3 Å². The molecular formula is C19H18Cl2F3N3O2. The van der Waals surface area contributed by atoms with Gasteiger partial charge in [0, 0.05) is 18.0 Å². The average Bonchev–Trinajstić information content (AvgIpc) is 2.62. The Bertz CT molecular complexity index is 891. The molecule has 0 fully saturated rings. The number of likely N-dealkylation sites (N-methyl/N-ethyl adjacent to an activating group) is 1. The largest absolute Gasteiger partial charge is 0.418 e. The van der Waals surface area contributed by atoms with Crippen molar-refractivity contribution in [1.82, 2.24) is 4.90 Å². The second-order valence-electron chi connectivity index (χ2n) is 6.25. The van der Waals surface area contributed by atoms with E-state index in [1.54, 1.807) is 19.2 Å². The molecule has 29 heavy (non-hydrogen) atoms. The Morgan fingerprint density at radius 3 is 2.34 bits per heavy atom. The van der Waals surface area contributed by atoms with Crippen LogP contribution in [0.5, 0.6) is 0 Å². The van der Waals surface area contributed by atoms with E-state index in [9.17, 15) is 22.8 Å². The number of hydrogen-bond donors (Lipinski definition) is 2. The third kappa shape index (κ3) is 7.23. The number of halogens is 5. The standard InChI is InChI=1S/C19H18Cl2F3N3O2/c1-27(9-8-17(28)26-16-10-12(20)6-7-14(16)21)11-18(29)25-15-5-3-2-4-13(15)19(22,23)24/h2-7,10H,8-9,11H2,1H3,(H,25,29)(H,26,28). The Labute approximate surface area is 175 Å². The van der Waals surface area contributed by atoms with Gasteiger partial charge in [0.2, 0.25) is 11.8 Å². The minimum Gasteiger partial charge on any atom is -0.325 e. The number of nitrogens with one attached hydrogen (secondary N) is 2. The van der Waals surface area contributed by atoms with Crippen LogP contribution in [0.25, 0.3) is 0 Å². The lowest BCUT2D eigenvalue weighted by Crippen LogP contribution is -2.33. The van der Waals surface area contributed by atoms with Gasteiger partial charge in [0.05, 0.1) is 28.5 Å². The van der Waals surface area contributed by atoms with Crippen LogP contribution in [0.15, 0.2) is 42.5 Å². The Balaban J connectivity index is 1.85. The van der Waals surface area contributed by atoms with Crippen molar-refractivity contribution in [3.63, 3.8) is 0 Å². The summed E-state index contributed by atoms with van der Waals surface area (Å²) in [6, 6.07) is 9.37. The van der Waals surface area contributed by atoms with Crippen molar-refractivity contribution >= 4 is 46.4 Å². The molecule has 0 heterocycles. The highest BCUT2D eigenvalue weighted by Gasteiger charge is 2.33. The lowest BCUT2D eigenvalue weighted by molar-refractivity contribution is -0.137. The fourth-order valence-electron chi connectivity index (χ4n) is 2.45. The average molecular weight is 448 g/mol. The van der Waals surface area contributed by atoms with Crippen molar-refractivity contribution in [3.8, 4) is 0 Å². The van der Waals surface area contributed by atoms with E-state index in [2.05, 4.69) is 10.6 Å². The van der Waals surface area contributed by atoms with Gasteiger partial charge >= 0.3 is 6.18 Å². The number of rotatable bonds is 7. The van der Waals surface area contributed by atoms with Gasteiger partial charge < -0.3 is 10.6 Å². The lowest BCUT2D eigenvalue weighted by Gasteiger charge is -2.18. The van der Waals surface area contributed by atoms with Crippen LogP contribution in [-0.2, 0) is 15.8 Å². The quantitative estimate of drug-likeness (QED) is 0.633. The molecule has 0 aliphatic heterocycles. The first kappa shape index (κ1) is 23.0. The summed E-state index contributed by atoms with van der Waals surface area (Å²) in [5.41, 5.74) is -0.867. The second kappa shape index (κ2) is 9.96. The lowest BCUT2D eigenvalue weighted by atomic mass is 10.1. The van der Waals surface area contributed by atoms with Crippen molar-refractivity contribution in [2.45, 2.75) is 12.6 Å². The number of alkyl halides is 3. The fourth-order valence-corrected chi connectivity index (χ4v) is 2.79. The SMILES string of the molecule is CN(CCC(=O)Nc1cc(Cl)ccc1Cl)CC(=O)Nc1ccccc1C(F)(F)F. The zero-order chi connectivity index (χ0) is 21.6. The third-order valence-electron chi connectivity index (χ3n) is 3.84. The molecule has 0 aromatic heterocycles. The first-order valence-corrected chi connectivity index (χ1v) is 9.21. The monoisotopic (exact) mass is 447 g/mol. The topological polar surface area (TPSA) is 61.4 Å². The van der Waals surface area contributed by atoms with Crippen molar-refractivity contribution < 1.29 is 22.8 Å². The summed E-state index contributed by atoms with van der Waals surface area (Å²) in [5.74, 6) is -0.966. The van der Waals surface area contributed by atoms with E-state index in [4.69, 9.17) is 23.2 Å². The van der Waals surface area contributed by atoms with Crippen LogP contribution >= 0.6 is 23.2 Å². The third-order valence-corrected chi connectivity index (χ3v) is 4.41. The van der Waals surface area contributed by atoms with E-state index in [1.165, 1.54) is 29.2 Å². The van der Waals surface area contributed by atoms with Crippen molar-refractivity contribution in [2.24, 2.45) is 0 Å². The molecule has 2 amide bonds. The number of hydrogen-bond acceptors (Lipinski definition) is 3. The summed E-state index contributed by atoms with van der Waals surface area (Å²) < 4.78 is 38.9. The molecule has 0 saturated carbocycles. The van der Waals surface area contributed by atoms with Crippen molar-refractivity contribution in [2.75, 3.05) is 30.8 Å². The van der Waals surface area contributed by atoms with Crippen LogP contribution in [0.4, 0.5) is 24.5 Å². The van der Waals surface area contributed by atoms with Crippen LogP contribution < -0.4 is 10.6 Å². The molecule has 0 atom stereocenters. The highest BCUT2D eigenvalue weighted by atomic mass is 35.5. The molecule has 2 aromatic rings. The minimum atomic E-state index is -4.57. The maximum Gasteiger partial charge on any atom is 0.418 e. The van der Waals surface area contributed by atoms with Gasteiger partial charge in [0.15, 0.2) is 0 Å². The molecule has 0 bridgehead atoms. The van der Waals surface area contributed by atoms with Crippen molar-refractivity contribution in [1.29, 1.82) is 0 Å². The van der Waals surface area contributed by atoms with Gasteiger partial charge in [-0.25, -0.2) is 0 Å². The molecule has 0 saturated heterocycles. The number of para-hydroxylation sites is 1. The number of carbonyl (C=O) groups excluding carboxylic acids is 2. The van der Waals surface area contributed by atoms with Crippen LogP contribution in [0.3, 0.4) is 0 Å². The van der Waals surface area contributed by atoms with E-state index in [-0.39, 0.29) is 31.1 Å². The van der Waals surface area contributed by atoms with E-state index in [0.29, 0.717) is 15.7 Å². The van der Waals surface area contributed by atoms with E-state index in [0.717, 1.165) is 6.07 Å². The Hall–Kier alpha value is -2.29. The number of benzene rings is 2. The van der Waals surface area contributed by atoms with Crippen LogP contribution in [0, 0.1) is 0 Å². The highest BCUT2D eigenvalue weighted by Crippen LogP contribution is 2.34. The molecule has 5 nitrogen and oxygen atoms in total. The van der Waals surface area contributed by atoms with Gasteiger partial charge in [0.25, 0.3) is 0 Å². The second-order valence-corrected chi connectivity index (χ2v) is 7.10. The molecule has 0 radical (unpaired) electrons. The first-order chi connectivity index (χ1) is 13.6. The maximum absolute atomic E-state index is 13.0. The van der Waals surface area contributed by atoms with Gasteiger partial charge in [-0.3, -0.25) is 14.5 Å². The first-order valence-electron chi connectivity index (χ1n) is 8.46. The summed E-state index contributed by atoms with van der Waals surface area (Å²) in [5, 5.41) is 5.62. The number of nitrogens with zero attached hydrogens (tertiary/aromatic N) is 1. The molecule has 0 unspecified atom stereocenters. The molecule has 0 spiro atoms. The van der Waals surface area contributed by atoms with E-state index < -0.39 is 17.6 Å². The van der Waals surface area contributed by atoms with Gasteiger partial charge in [-0.05, 0) is 37.4 Å². The normalized spacial score (nSPS) is 11.4. The van der Waals surface area contributed by atoms with Gasteiger partial charge in [-0.2, -0.15) is 13.2 Å². The van der Waals surface area contributed by atoms with E-state index >= 15 is 0 Å². The zero-order valence-electron chi connectivity index (χ0n) is 15.3. The summed E-state index contributed by atoms with van der Waals surface area (Å²) in [4.78, 5) is 25.6. The zero-order valence-corrected chi connectivity index (χ0v) is 16.8. The van der Waals surface area contributed by atoms with Crippen LogP contribution in [0.2, 0.25) is 10.0 Å². The van der Waals surface area contributed by atoms with Crippen LogP contribution in [-0.4, -0.2) is 36.9 Å². The molecule has 0 aliphatic rings. The summed E-state index contributed by atoms with van der Waals surface area (Å²) in [6.07, 6.45) is -4.53. The molecule has 156 valence electrons. The summed E-state index contributed by atoms with van der Waals surface area (Å²) >= 11 is 11.8. The number of amides is 2. The Morgan fingerprint density at radius 1 is 1.00 bits per heavy atom. The maximum atomic E-state index is 13.0. The predicted octanol–water partition coefficient (Wildman–Crippen LogP) is 4.91. The van der Waals surface area contributed by atoms with Crippen LogP contribution in [0.1, 0.15) is 12.0 Å². The summed E-state index contributed by atoms with van der Waals surface area (Å²) in [6.45, 7) is 0.0236. The molecule has 2 rings (SSSR count). The Morgan fingerprint density at radius 2 is 1.66 bits per heavy atom. The highest BCUT2D eigenvalue weighted by molar-refractivity contribution is 6.35. The number of carbonyl (C=O) groups is 2. The predicted molar refractivity (Wildman–Crippen MR) is 107 cm³/mol. The Kier molecular flexibility index (Phi) is 7.89. The molecule has 2 aromatic carbocycles. The number of anilines is 2. The van der Waals surface area contributed by atoms with Gasteiger partial charge in [0.1, 0.15) is 0 Å². The minimum absolute atomic E-state index is 0.0474. The molecule has 2 N–H and O–H groups in total. The smallest absolute Gasteiger partial charge is 0.325 e. The molecule has 10 heteroatoms.